The molecule has 0 bridgehead atoms. The fraction of sp³-hybridized carbons (Fsp3) is 0.375. The number of carbonyl (C=O) groups excluding carboxylic acids is 1. The quantitative estimate of drug-likeness (QED) is 0.919. The number of nitrogens with two attached hydrogens (primary N) is 1. The van der Waals surface area contributed by atoms with Gasteiger partial charge in [-0.1, -0.05) is 18.2 Å². The third-order valence-electron chi connectivity index (χ3n) is 4.31. The number of sulfonamides is 1. The molecule has 7 heteroatoms. The van der Waals surface area contributed by atoms with E-state index in [2.05, 4.69) is 4.98 Å². The third-order valence-corrected chi connectivity index (χ3v) is 6.35. The minimum atomic E-state index is -3.72. The van der Waals surface area contributed by atoms with Crippen LogP contribution in [-0.4, -0.2) is 36.7 Å². The molecule has 0 unspecified atom stereocenters. The Morgan fingerprint density at radius 3 is 2.87 bits per heavy atom. The Hall–Kier alpha value is -1.99. The van der Waals surface area contributed by atoms with Crippen molar-refractivity contribution in [2.24, 2.45) is 11.7 Å². The predicted molar refractivity (Wildman–Crippen MR) is 87.2 cm³/mol. The van der Waals surface area contributed by atoms with Crippen LogP contribution in [0.25, 0.3) is 10.9 Å². The van der Waals surface area contributed by atoms with Gasteiger partial charge in [0.1, 0.15) is 4.90 Å². The van der Waals surface area contributed by atoms with Gasteiger partial charge in [-0.25, -0.2) is 8.42 Å². The number of fused-ring (bicyclic) bond motifs is 1. The Morgan fingerprint density at radius 1 is 1.35 bits per heavy atom. The van der Waals surface area contributed by atoms with Crippen LogP contribution in [0, 0.1) is 12.8 Å². The average molecular weight is 333 g/mol. The van der Waals surface area contributed by atoms with Crippen LogP contribution in [-0.2, 0) is 14.8 Å². The van der Waals surface area contributed by atoms with Crippen molar-refractivity contribution in [1.82, 2.24) is 9.29 Å². The lowest BCUT2D eigenvalue weighted by molar-refractivity contribution is -0.122. The Kier molecular flexibility index (Phi) is 4.08. The first kappa shape index (κ1) is 15.9. The number of aromatic nitrogens is 1. The van der Waals surface area contributed by atoms with Crippen LogP contribution >= 0.6 is 0 Å². The molecule has 1 aromatic heterocycles. The van der Waals surface area contributed by atoms with Gasteiger partial charge in [0.05, 0.1) is 11.4 Å². The molecule has 23 heavy (non-hydrogen) atoms. The summed E-state index contributed by atoms with van der Waals surface area (Å²) in [5, 5.41) is 0.778. The van der Waals surface area contributed by atoms with Crippen LogP contribution in [0.2, 0.25) is 0 Å². The van der Waals surface area contributed by atoms with Crippen molar-refractivity contribution in [3.63, 3.8) is 0 Å². The monoisotopic (exact) mass is 333 g/mol. The van der Waals surface area contributed by atoms with Crippen molar-refractivity contribution in [2.75, 3.05) is 13.1 Å². The van der Waals surface area contributed by atoms with Crippen LogP contribution in [0.1, 0.15) is 18.4 Å². The number of amides is 1. The van der Waals surface area contributed by atoms with Crippen molar-refractivity contribution in [3.8, 4) is 0 Å². The topological polar surface area (TPSA) is 93.4 Å². The van der Waals surface area contributed by atoms with Gasteiger partial charge in [0.25, 0.3) is 0 Å². The third kappa shape index (κ3) is 2.82. The van der Waals surface area contributed by atoms with E-state index in [9.17, 15) is 13.2 Å². The number of rotatable bonds is 3. The number of piperidine rings is 1. The lowest BCUT2D eigenvalue weighted by Crippen LogP contribution is -2.44. The maximum absolute atomic E-state index is 13.1. The molecule has 2 N–H and O–H groups in total. The van der Waals surface area contributed by atoms with Crippen molar-refractivity contribution in [2.45, 2.75) is 24.7 Å². The molecule has 1 saturated heterocycles. The van der Waals surface area contributed by atoms with Crippen LogP contribution in [0.15, 0.2) is 35.4 Å². The van der Waals surface area contributed by atoms with Gasteiger partial charge in [-0.3, -0.25) is 9.78 Å². The van der Waals surface area contributed by atoms with E-state index in [0.717, 1.165) is 5.39 Å². The van der Waals surface area contributed by atoms with E-state index in [1.807, 2.05) is 12.1 Å². The predicted octanol–water partition coefficient (Wildman–Crippen LogP) is 1.43. The lowest BCUT2D eigenvalue weighted by Gasteiger charge is -2.31. The molecule has 2 aromatic rings. The van der Waals surface area contributed by atoms with Gasteiger partial charge in [0.15, 0.2) is 0 Å². The molecule has 1 atom stereocenters. The summed E-state index contributed by atoms with van der Waals surface area (Å²) in [7, 11) is -3.72. The lowest BCUT2D eigenvalue weighted by atomic mass is 9.99. The van der Waals surface area contributed by atoms with Crippen molar-refractivity contribution < 1.29 is 13.2 Å². The van der Waals surface area contributed by atoms with Gasteiger partial charge >= 0.3 is 0 Å². The van der Waals surface area contributed by atoms with E-state index >= 15 is 0 Å². The number of nitrogens with zero attached hydrogens (tertiary/aromatic N) is 2. The van der Waals surface area contributed by atoms with E-state index in [-0.39, 0.29) is 11.4 Å². The molecule has 1 aliphatic rings. The van der Waals surface area contributed by atoms with E-state index in [0.29, 0.717) is 30.5 Å². The standard InChI is InChI=1S/C16H19N3O3S/c1-11-6-7-12-4-2-8-18-14(12)15(11)23(21,22)19-9-3-5-13(10-19)16(17)20/h2,4,6-8,13H,3,5,9-10H2,1H3,(H2,17,20)/t13-/m0/s1. The number of benzene rings is 1. The molecule has 1 aliphatic heterocycles. The van der Waals surface area contributed by atoms with E-state index in [1.165, 1.54) is 4.31 Å². The summed E-state index contributed by atoms with van der Waals surface area (Å²) in [5.41, 5.74) is 6.48. The Balaban J connectivity index is 2.10. The largest absolute Gasteiger partial charge is 0.369 e. The summed E-state index contributed by atoms with van der Waals surface area (Å²) >= 11 is 0. The number of carbonyl (C=O) groups is 1. The number of aryl methyl sites for hydroxylation is 1. The first-order valence-electron chi connectivity index (χ1n) is 7.55. The van der Waals surface area contributed by atoms with Crippen molar-refractivity contribution in [3.05, 3.63) is 36.0 Å². The maximum Gasteiger partial charge on any atom is 0.245 e. The molecule has 0 spiro atoms. The molecular formula is C16H19N3O3S. The summed E-state index contributed by atoms with van der Waals surface area (Å²) in [4.78, 5) is 15.9. The zero-order valence-electron chi connectivity index (χ0n) is 12.9. The summed E-state index contributed by atoms with van der Waals surface area (Å²) in [6.45, 7) is 2.30. The number of primary amides is 1. The SMILES string of the molecule is Cc1ccc2cccnc2c1S(=O)(=O)N1CCC[C@H](C(N)=O)C1. The van der Waals surface area contributed by atoms with Gasteiger partial charge < -0.3 is 5.73 Å². The van der Waals surface area contributed by atoms with Crippen LogP contribution < -0.4 is 5.73 Å². The highest BCUT2D eigenvalue weighted by Gasteiger charge is 2.34. The Labute approximate surface area is 135 Å². The molecule has 0 radical (unpaired) electrons. The maximum atomic E-state index is 13.1. The first-order valence-corrected chi connectivity index (χ1v) is 8.99. The van der Waals surface area contributed by atoms with Crippen LogP contribution in [0.4, 0.5) is 0 Å². The smallest absolute Gasteiger partial charge is 0.245 e. The second kappa shape index (κ2) is 5.90. The van der Waals surface area contributed by atoms with Gasteiger partial charge in [0, 0.05) is 24.7 Å². The van der Waals surface area contributed by atoms with Crippen molar-refractivity contribution >= 4 is 26.8 Å². The molecule has 0 saturated carbocycles. The second-order valence-corrected chi connectivity index (χ2v) is 7.77. The van der Waals surface area contributed by atoms with E-state index in [1.54, 1.807) is 25.3 Å². The zero-order chi connectivity index (χ0) is 16.6. The minimum Gasteiger partial charge on any atom is -0.369 e. The molecule has 1 fully saturated rings. The fourth-order valence-corrected chi connectivity index (χ4v) is 4.96. The van der Waals surface area contributed by atoms with E-state index in [4.69, 9.17) is 5.73 Å². The Bertz CT molecular complexity index is 864. The average Bonchev–Trinajstić information content (AvgIpc) is 2.54. The second-order valence-electron chi connectivity index (χ2n) is 5.89. The molecule has 1 amide bonds. The van der Waals surface area contributed by atoms with Gasteiger partial charge in [-0.05, 0) is 31.4 Å². The fourth-order valence-electron chi connectivity index (χ4n) is 3.07. The molecule has 6 nitrogen and oxygen atoms in total. The van der Waals surface area contributed by atoms with Crippen LogP contribution in [0.5, 0.6) is 0 Å². The highest BCUT2D eigenvalue weighted by Crippen LogP contribution is 2.30. The summed E-state index contributed by atoms with van der Waals surface area (Å²) in [6.07, 6.45) is 2.85. The molecule has 122 valence electrons. The zero-order valence-corrected chi connectivity index (χ0v) is 13.7. The highest BCUT2D eigenvalue weighted by molar-refractivity contribution is 7.89. The molecule has 2 heterocycles. The molecule has 3 rings (SSSR count). The summed E-state index contributed by atoms with van der Waals surface area (Å²) in [5.74, 6) is -0.876. The minimum absolute atomic E-state index is 0.139. The molecule has 0 aliphatic carbocycles. The molecule has 1 aromatic carbocycles. The molecular weight excluding hydrogens is 314 g/mol. The van der Waals surface area contributed by atoms with Gasteiger partial charge in [-0.2, -0.15) is 4.31 Å². The normalized spacial score (nSPS) is 19.8. The summed E-state index contributed by atoms with van der Waals surface area (Å²) in [6, 6.07) is 7.26. The highest BCUT2D eigenvalue weighted by atomic mass is 32.2. The van der Waals surface area contributed by atoms with Gasteiger partial charge in [-0.15, -0.1) is 0 Å². The summed E-state index contributed by atoms with van der Waals surface area (Å²) < 4.78 is 27.6. The van der Waals surface area contributed by atoms with Crippen LogP contribution in [0.3, 0.4) is 0 Å². The Morgan fingerprint density at radius 2 is 2.13 bits per heavy atom. The van der Waals surface area contributed by atoms with E-state index < -0.39 is 21.8 Å². The van der Waals surface area contributed by atoms with Crippen molar-refractivity contribution in [1.29, 1.82) is 0 Å². The first-order chi connectivity index (χ1) is 10.9. The number of hydrogen-bond donors (Lipinski definition) is 1. The number of hydrogen-bond acceptors (Lipinski definition) is 4. The number of pyridine rings is 1. The van der Waals surface area contributed by atoms with Gasteiger partial charge in [0.2, 0.25) is 15.9 Å².